The smallest absolute Gasteiger partial charge is 0.262 e. The van der Waals surface area contributed by atoms with Crippen LogP contribution in [0.2, 0.25) is 8.67 Å². The summed E-state index contributed by atoms with van der Waals surface area (Å²) in [6.45, 7) is 7.28. The number of thiophene rings is 1. The molecule has 3 rings (SSSR count). The molecule has 0 aliphatic carbocycles. The van der Waals surface area contributed by atoms with Gasteiger partial charge in [0.15, 0.2) is 5.13 Å². The summed E-state index contributed by atoms with van der Waals surface area (Å²) < 4.78 is 7.26. The number of anilines is 1. The van der Waals surface area contributed by atoms with E-state index in [1.54, 1.807) is 18.1 Å². The summed E-state index contributed by atoms with van der Waals surface area (Å²) in [4.78, 5) is 22.0. The largest absolute Gasteiger partial charge is 0.494 e. The fourth-order valence-electron chi connectivity index (χ4n) is 2.89. The second-order valence-electron chi connectivity index (χ2n) is 6.03. The minimum absolute atomic E-state index is 0. The molecule has 0 spiro atoms. The average molecular weight is 495 g/mol. The van der Waals surface area contributed by atoms with E-state index in [1.807, 2.05) is 18.2 Å². The van der Waals surface area contributed by atoms with Gasteiger partial charge in [-0.3, -0.25) is 9.69 Å². The fraction of sp³-hybridized carbons (Fsp3) is 0.368. The van der Waals surface area contributed by atoms with Crippen LogP contribution in [0.5, 0.6) is 5.75 Å². The summed E-state index contributed by atoms with van der Waals surface area (Å²) in [7, 11) is 1.62. The molecule has 0 unspecified atom stereocenters. The molecule has 0 bridgehead atoms. The van der Waals surface area contributed by atoms with Gasteiger partial charge in [-0.05, 0) is 31.3 Å². The standard InChI is InChI=1S/C19H21Cl2N3O2S2.ClH/c1-4-23(5-2)9-10-24(18(25)12-11-15(20)28-17(12)21)19-22-16-13(26-3)7-6-8-14(16)27-19;/h6-8,11H,4-5,9-10H2,1-3H3;1H. The Kier molecular flexibility index (Phi) is 9.00. The molecule has 0 aliphatic heterocycles. The number of fused-ring (bicyclic) bond motifs is 1. The lowest BCUT2D eigenvalue weighted by atomic mass is 10.3. The fourth-order valence-corrected chi connectivity index (χ4v) is 5.34. The van der Waals surface area contributed by atoms with Crippen LogP contribution in [0, 0.1) is 0 Å². The molecule has 29 heavy (non-hydrogen) atoms. The topological polar surface area (TPSA) is 45.7 Å². The van der Waals surface area contributed by atoms with Gasteiger partial charge in [0.1, 0.15) is 15.6 Å². The number of nitrogens with zero attached hydrogens (tertiary/aromatic N) is 3. The number of thiazole rings is 1. The first-order chi connectivity index (χ1) is 13.5. The van der Waals surface area contributed by atoms with E-state index in [1.165, 1.54) is 22.7 Å². The van der Waals surface area contributed by atoms with Crippen LogP contribution in [-0.2, 0) is 0 Å². The van der Waals surface area contributed by atoms with Crippen LogP contribution in [0.25, 0.3) is 10.2 Å². The van der Waals surface area contributed by atoms with E-state index < -0.39 is 0 Å². The van der Waals surface area contributed by atoms with Crippen LogP contribution in [0.4, 0.5) is 5.13 Å². The van der Waals surface area contributed by atoms with Crippen molar-refractivity contribution in [3.63, 3.8) is 0 Å². The lowest BCUT2D eigenvalue weighted by Gasteiger charge is -2.24. The van der Waals surface area contributed by atoms with Gasteiger partial charge >= 0.3 is 0 Å². The first-order valence-corrected chi connectivity index (χ1v) is 11.3. The van der Waals surface area contributed by atoms with Crippen molar-refractivity contribution >= 4 is 79.5 Å². The number of likely N-dealkylation sites (N-methyl/N-ethyl adjacent to an activating group) is 1. The maximum atomic E-state index is 13.3. The molecule has 0 radical (unpaired) electrons. The lowest BCUT2D eigenvalue weighted by Crippen LogP contribution is -2.38. The number of hydrogen-bond donors (Lipinski definition) is 0. The molecule has 3 aromatic rings. The first-order valence-electron chi connectivity index (χ1n) is 8.91. The molecule has 2 aromatic heterocycles. The van der Waals surface area contributed by atoms with Crippen LogP contribution in [-0.4, -0.2) is 49.1 Å². The number of hydrogen-bond acceptors (Lipinski definition) is 6. The number of aromatic nitrogens is 1. The van der Waals surface area contributed by atoms with Gasteiger partial charge in [0.25, 0.3) is 5.91 Å². The van der Waals surface area contributed by atoms with E-state index in [0.29, 0.717) is 31.7 Å². The zero-order chi connectivity index (χ0) is 20.3. The van der Waals surface area contributed by atoms with Crippen molar-refractivity contribution in [2.45, 2.75) is 13.8 Å². The average Bonchev–Trinajstić information content (AvgIpc) is 3.27. The van der Waals surface area contributed by atoms with Crippen LogP contribution >= 0.6 is 58.3 Å². The Hall–Kier alpha value is -1.09. The molecule has 0 saturated carbocycles. The quantitative estimate of drug-likeness (QED) is 0.380. The SMILES string of the molecule is CCN(CC)CCN(C(=O)c1cc(Cl)sc1Cl)c1nc2c(OC)cccc2s1.Cl. The third-order valence-electron chi connectivity index (χ3n) is 4.49. The minimum Gasteiger partial charge on any atom is -0.494 e. The second-order valence-corrected chi connectivity index (χ2v) is 9.32. The number of ether oxygens (including phenoxy) is 1. The van der Waals surface area contributed by atoms with Gasteiger partial charge in [-0.15, -0.1) is 23.7 Å². The van der Waals surface area contributed by atoms with Crippen molar-refractivity contribution in [2.24, 2.45) is 0 Å². The Labute approximate surface area is 194 Å². The van der Waals surface area contributed by atoms with Crippen LogP contribution in [0.3, 0.4) is 0 Å². The van der Waals surface area contributed by atoms with Crippen molar-refractivity contribution in [3.05, 3.63) is 38.5 Å². The molecule has 10 heteroatoms. The van der Waals surface area contributed by atoms with Gasteiger partial charge in [0, 0.05) is 13.1 Å². The molecule has 0 saturated heterocycles. The number of benzene rings is 1. The highest BCUT2D eigenvalue weighted by Gasteiger charge is 2.25. The Morgan fingerprint density at radius 3 is 2.48 bits per heavy atom. The molecular weight excluding hydrogens is 473 g/mol. The highest BCUT2D eigenvalue weighted by molar-refractivity contribution is 7.22. The maximum Gasteiger partial charge on any atom is 0.262 e. The third-order valence-corrected chi connectivity index (χ3v) is 7.02. The van der Waals surface area contributed by atoms with Gasteiger partial charge in [0.2, 0.25) is 0 Å². The van der Waals surface area contributed by atoms with E-state index in [9.17, 15) is 4.79 Å². The van der Waals surface area contributed by atoms with E-state index in [0.717, 1.165) is 29.9 Å². The number of amides is 1. The zero-order valence-corrected chi connectivity index (χ0v) is 20.2. The number of carbonyl (C=O) groups excluding carboxylic acids is 1. The maximum absolute atomic E-state index is 13.3. The van der Waals surface area contributed by atoms with E-state index in [2.05, 4.69) is 18.7 Å². The van der Waals surface area contributed by atoms with Gasteiger partial charge in [-0.1, -0.05) is 54.5 Å². The third kappa shape index (κ3) is 5.34. The molecule has 1 amide bonds. The van der Waals surface area contributed by atoms with Gasteiger partial charge in [-0.25, -0.2) is 4.98 Å². The Balaban J connectivity index is 0.00000300. The molecule has 2 heterocycles. The number of methoxy groups -OCH3 is 1. The van der Waals surface area contributed by atoms with Gasteiger partial charge in [0.05, 0.1) is 21.7 Å². The molecule has 0 fully saturated rings. The molecule has 158 valence electrons. The second kappa shape index (κ2) is 10.8. The lowest BCUT2D eigenvalue weighted by molar-refractivity contribution is 0.0984. The van der Waals surface area contributed by atoms with Gasteiger partial charge in [-0.2, -0.15) is 0 Å². The Morgan fingerprint density at radius 1 is 1.17 bits per heavy atom. The summed E-state index contributed by atoms with van der Waals surface area (Å²) >= 11 is 15.0. The van der Waals surface area contributed by atoms with E-state index >= 15 is 0 Å². The van der Waals surface area contributed by atoms with Crippen LogP contribution in [0.1, 0.15) is 24.2 Å². The number of rotatable bonds is 8. The summed E-state index contributed by atoms with van der Waals surface area (Å²) in [6, 6.07) is 7.37. The van der Waals surface area contributed by atoms with E-state index in [4.69, 9.17) is 32.9 Å². The predicted octanol–water partition coefficient (Wildman–Crippen LogP) is 6.08. The zero-order valence-electron chi connectivity index (χ0n) is 16.3. The van der Waals surface area contributed by atoms with Crippen molar-refractivity contribution in [1.29, 1.82) is 0 Å². The van der Waals surface area contributed by atoms with Gasteiger partial charge < -0.3 is 9.64 Å². The number of carbonyl (C=O) groups is 1. The molecule has 5 nitrogen and oxygen atoms in total. The van der Waals surface area contributed by atoms with Crippen LogP contribution < -0.4 is 9.64 Å². The molecular formula is C19H22Cl3N3O2S2. The molecule has 0 N–H and O–H groups in total. The van der Waals surface area contributed by atoms with Crippen molar-refractivity contribution in [3.8, 4) is 5.75 Å². The molecule has 0 aliphatic rings. The number of para-hydroxylation sites is 1. The van der Waals surface area contributed by atoms with Crippen LogP contribution in [0.15, 0.2) is 24.3 Å². The summed E-state index contributed by atoms with van der Waals surface area (Å²) in [6.07, 6.45) is 0. The van der Waals surface area contributed by atoms with Crippen molar-refractivity contribution in [1.82, 2.24) is 9.88 Å². The Morgan fingerprint density at radius 2 is 1.90 bits per heavy atom. The molecule has 0 atom stereocenters. The summed E-state index contributed by atoms with van der Waals surface area (Å²) in [5, 5.41) is 0.620. The normalized spacial score (nSPS) is 11.0. The Bertz CT molecular complexity index is 973. The predicted molar refractivity (Wildman–Crippen MR) is 127 cm³/mol. The monoisotopic (exact) mass is 493 g/mol. The summed E-state index contributed by atoms with van der Waals surface area (Å²) in [5.74, 6) is 0.492. The highest BCUT2D eigenvalue weighted by Crippen LogP contribution is 2.37. The molecule has 1 aromatic carbocycles. The summed E-state index contributed by atoms with van der Waals surface area (Å²) in [5.41, 5.74) is 1.16. The highest BCUT2D eigenvalue weighted by atomic mass is 35.5. The van der Waals surface area contributed by atoms with E-state index in [-0.39, 0.29) is 18.3 Å². The minimum atomic E-state index is -0.196. The van der Waals surface area contributed by atoms with Crippen molar-refractivity contribution < 1.29 is 9.53 Å². The van der Waals surface area contributed by atoms with Crippen molar-refractivity contribution in [2.75, 3.05) is 38.2 Å². The number of halogens is 3. The first kappa shape index (κ1) is 24.2.